The Bertz CT molecular complexity index is 286. The first-order chi connectivity index (χ1) is 6.15. The summed E-state index contributed by atoms with van der Waals surface area (Å²) < 4.78 is 12.9. The molecule has 0 N–H and O–H groups in total. The topological polar surface area (TPSA) is 3.24 Å². The van der Waals surface area contributed by atoms with Gasteiger partial charge in [-0.15, -0.1) is 0 Å². The molecular weight excluding hydrogens is 185 g/mol. The van der Waals surface area contributed by atoms with E-state index < -0.39 is 0 Å². The lowest BCUT2D eigenvalue weighted by molar-refractivity contribution is 0.627. The van der Waals surface area contributed by atoms with Gasteiger partial charge in [0.1, 0.15) is 5.82 Å². The van der Waals surface area contributed by atoms with Crippen molar-refractivity contribution in [2.24, 2.45) is 0 Å². The summed E-state index contributed by atoms with van der Waals surface area (Å²) in [6, 6.07) is 4.87. The van der Waals surface area contributed by atoms with Crippen molar-refractivity contribution in [3.8, 4) is 0 Å². The lowest BCUT2D eigenvalue weighted by Gasteiger charge is -2.16. The van der Waals surface area contributed by atoms with Gasteiger partial charge < -0.3 is 4.90 Å². The summed E-state index contributed by atoms with van der Waals surface area (Å²) in [5.74, 6) is 0.596. The van der Waals surface area contributed by atoms with Crippen LogP contribution in [0.1, 0.15) is 5.56 Å². The molecule has 0 fully saturated rings. The molecule has 0 atom stereocenters. The maximum absolute atomic E-state index is 12.9. The first-order valence-corrected chi connectivity index (χ1v) is 4.85. The number of hydrogen-bond acceptors (Lipinski definition) is 2. The number of thiol groups is 1. The van der Waals surface area contributed by atoms with E-state index in [2.05, 4.69) is 12.6 Å². The second-order valence-electron chi connectivity index (χ2n) is 3.14. The molecule has 0 radical (unpaired) electrons. The van der Waals surface area contributed by atoms with Crippen molar-refractivity contribution in [2.75, 3.05) is 24.7 Å². The molecule has 0 aliphatic heterocycles. The van der Waals surface area contributed by atoms with Crippen molar-refractivity contribution in [1.82, 2.24) is 0 Å². The van der Waals surface area contributed by atoms with Gasteiger partial charge in [0.15, 0.2) is 0 Å². The maximum atomic E-state index is 12.9. The van der Waals surface area contributed by atoms with E-state index in [-0.39, 0.29) is 5.82 Å². The van der Waals surface area contributed by atoms with Crippen molar-refractivity contribution in [2.45, 2.75) is 6.42 Å². The fraction of sp³-hybridized carbons (Fsp3) is 0.400. The first kappa shape index (κ1) is 10.4. The normalized spacial score (nSPS) is 10.2. The fourth-order valence-corrected chi connectivity index (χ4v) is 1.53. The first-order valence-electron chi connectivity index (χ1n) is 4.21. The van der Waals surface area contributed by atoms with Gasteiger partial charge in [-0.3, -0.25) is 0 Å². The van der Waals surface area contributed by atoms with Crippen LogP contribution in [0.25, 0.3) is 0 Å². The number of halogens is 1. The average Bonchev–Trinajstić information content (AvgIpc) is 2.08. The van der Waals surface area contributed by atoms with Gasteiger partial charge in [0.2, 0.25) is 0 Å². The number of benzene rings is 1. The molecule has 1 aromatic carbocycles. The minimum Gasteiger partial charge on any atom is -0.377 e. The number of anilines is 1. The molecule has 0 heterocycles. The highest BCUT2D eigenvalue weighted by Gasteiger charge is 2.04. The Morgan fingerprint density at radius 2 is 2.08 bits per heavy atom. The summed E-state index contributed by atoms with van der Waals surface area (Å²) in [7, 11) is 3.83. The van der Waals surface area contributed by atoms with Gasteiger partial charge >= 0.3 is 0 Å². The molecule has 0 spiro atoms. The third-order valence-corrected chi connectivity index (χ3v) is 2.13. The van der Waals surface area contributed by atoms with E-state index in [0.717, 1.165) is 23.4 Å². The lowest BCUT2D eigenvalue weighted by atomic mass is 10.1. The van der Waals surface area contributed by atoms with Crippen LogP contribution in [0.4, 0.5) is 10.1 Å². The van der Waals surface area contributed by atoms with Gasteiger partial charge in [-0.2, -0.15) is 12.6 Å². The van der Waals surface area contributed by atoms with E-state index in [0.29, 0.717) is 0 Å². The maximum Gasteiger partial charge on any atom is 0.125 e. The molecule has 0 aromatic heterocycles. The van der Waals surface area contributed by atoms with Crippen LogP contribution < -0.4 is 4.90 Å². The van der Waals surface area contributed by atoms with Crippen LogP contribution in [0, 0.1) is 5.82 Å². The van der Waals surface area contributed by atoms with E-state index in [1.165, 1.54) is 6.07 Å². The molecule has 72 valence electrons. The Morgan fingerprint density at radius 3 is 2.62 bits per heavy atom. The molecule has 0 amide bonds. The minimum absolute atomic E-state index is 0.188. The van der Waals surface area contributed by atoms with Crippen molar-refractivity contribution in [3.63, 3.8) is 0 Å². The molecule has 0 unspecified atom stereocenters. The molecule has 0 saturated heterocycles. The highest BCUT2D eigenvalue weighted by Crippen LogP contribution is 2.20. The van der Waals surface area contributed by atoms with Gasteiger partial charge in [0.05, 0.1) is 0 Å². The van der Waals surface area contributed by atoms with E-state index in [1.54, 1.807) is 6.07 Å². The highest BCUT2D eigenvalue weighted by molar-refractivity contribution is 7.80. The third kappa shape index (κ3) is 2.62. The van der Waals surface area contributed by atoms with Crippen LogP contribution >= 0.6 is 12.6 Å². The highest BCUT2D eigenvalue weighted by atomic mass is 32.1. The van der Waals surface area contributed by atoms with Crippen molar-refractivity contribution in [3.05, 3.63) is 29.6 Å². The van der Waals surface area contributed by atoms with Crippen molar-refractivity contribution < 1.29 is 4.39 Å². The summed E-state index contributed by atoms with van der Waals surface area (Å²) in [5.41, 5.74) is 2.08. The van der Waals surface area contributed by atoms with Gasteiger partial charge in [-0.25, -0.2) is 4.39 Å². The zero-order chi connectivity index (χ0) is 9.84. The average molecular weight is 199 g/mol. The molecule has 0 bridgehead atoms. The number of rotatable bonds is 3. The largest absolute Gasteiger partial charge is 0.377 e. The van der Waals surface area contributed by atoms with E-state index >= 15 is 0 Å². The molecule has 13 heavy (non-hydrogen) atoms. The van der Waals surface area contributed by atoms with Crippen LogP contribution in [0.2, 0.25) is 0 Å². The molecule has 1 aromatic rings. The third-order valence-electron chi connectivity index (χ3n) is 1.91. The Hall–Kier alpha value is -0.700. The van der Waals surface area contributed by atoms with Crippen molar-refractivity contribution >= 4 is 18.3 Å². The van der Waals surface area contributed by atoms with Gasteiger partial charge in [0, 0.05) is 19.8 Å². The molecular formula is C10H14FNS. The Morgan fingerprint density at radius 1 is 1.38 bits per heavy atom. The van der Waals surface area contributed by atoms with Gasteiger partial charge in [0.25, 0.3) is 0 Å². The summed E-state index contributed by atoms with van der Waals surface area (Å²) in [4.78, 5) is 1.92. The Labute approximate surface area is 84.0 Å². The van der Waals surface area contributed by atoms with Crippen LogP contribution in [-0.2, 0) is 6.42 Å². The zero-order valence-electron chi connectivity index (χ0n) is 7.92. The summed E-state index contributed by atoms with van der Waals surface area (Å²) in [6.07, 6.45) is 0.872. The predicted molar refractivity (Wildman–Crippen MR) is 58.3 cm³/mol. The van der Waals surface area contributed by atoms with Crippen LogP contribution in [0.15, 0.2) is 18.2 Å². The smallest absolute Gasteiger partial charge is 0.125 e. The number of aryl methyl sites for hydroxylation is 1. The Kier molecular flexibility index (Phi) is 3.60. The second kappa shape index (κ2) is 4.51. The molecule has 0 saturated carbocycles. The van der Waals surface area contributed by atoms with E-state index in [4.69, 9.17) is 0 Å². The molecule has 3 heteroatoms. The predicted octanol–water partition coefficient (Wildman–Crippen LogP) is 2.36. The van der Waals surface area contributed by atoms with Crippen LogP contribution in [0.5, 0.6) is 0 Å². The monoisotopic (exact) mass is 199 g/mol. The fourth-order valence-electron chi connectivity index (χ4n) is 1.29. The number of nitrogens with zero attached hydrogens (tertiary/aromatic N) is 1. The molecule has 0 aliphatic rings. The SMILES string of the molecule is CN(C)c1cc(F)ccc1CCS. The zero-order valence-corrected chi connectivity index (χ0v) is 8.81. The Balaban J connectivity index is 3.03. The minimum atomic E-state index is -0.188. The molecule has 1 rings (SSSR count). The quantitative estimate of drug-likeness (QED) is 0.731. The molecule has 1 nitrogen and oxygen atoms in total. The second-order valence-corrected chi connectivity index (χ2v) is 3.59. The lowest BCUT2D eigenvalue weighted by Crippen LogP contribution is -2.11. The van der Waals surface area contributed by atoms with Gasteiger partial charge in [-0.05, 0) is 29.9 Å². The summed E-state index contributed by atoms with van der Waals surface area (Å²) in [5, 5.41) is 0. The van der Waals surface area contributed by atoms with Gasteiger partial charge in [-0.1, -0.05) is 6.07 Å². The summed E-state index contributed by atoms with van der Waals surface area (Å²) in [6.45, 7) is 0. The standard InChI is InChI=1S/C10H14FNS/c1-12(2)10-7-9(11)4-3-8(10)5-6-13/h3-4,7,13H,5-6H2,1-2H3. The molecule has 0 aliphatic carbocycles. The van der Waals surface area contributed by atoms with E-state index in [1.807, 2.05) is 25.1 Å². The summed E-state index contributed by atoms with van der Waals surface area (Å²) >= 11 is 4.16. The van der Waals surface area contributed by atoms with Crippen LogP contribution in [0.3, 0.4) is 0 Å². The van der Waals surface area contributed by atoms with Crippen molar-refractivity contribution in [1.29, 1.82) is 0 Å². The van der Waals surface area contributed by atoms with E-state index in [9.17, 15) is 4.39 Å². The number of hydrogen-bond donors (Lipinski definition) is 1. The van der Waals surface area contributed by atoms with Crippen LogP contribution in [-0.4, -0.2) is 19.8 Å².